The second-order valence-corrected chi connectivity index (χ2v) is 5.52. The van der Waals surface area contributed by atoms with Gasteiger partial charge >= 0.3 is 0 Å². The number of hydrogen-bond acceptors (Lipinski definition) is 3. The zero-order valence-corrected chi connectivity index (χ0v) is 10.6. The van der Waals surface area contributed by atoms with Gasteiger partial charge in [0.15, 0.2) is 0 Å². The predicted octanol–water partition coefficient (Wildman–Crippen LogP) is 1.15. The molecule has 0 amide bonds. The van der Waals surface area contributed by atoms with Crippen molar-refractivity contribution in [2.45, 2.75) is 24.7 Å². The molecule has 0 aliphatic carbocycles. The van der Waals surface area contributed by atoms with Crippen LogP contribution in [0.2, 0.25) is 0 Å². The van der Waals surface area contributed by atoms with Gasteiger partial charge in [-0.15, -0.1) is 0 Å². The summed E-state index contributed by atoms with van der Waals surface area (Å²) in [5, 5.41) is 0. The number of halogens is 1. The summed E-state index contributed by atoms with van der Waals surface area (Å²) in [6.45, 7) is 2.32. The number of rotatable bonds is 6. The van der Waals surface area contributed by atoms with Crippen LogP contribution in [-0.4, -0.2) is 21.5 Å². The Hall–Kier alpha value is -0.980. The van der Waals surface area contributed by atoms with Crippen molar-refractivity contribution >= 4 is 10.0 Å². The standard InChI is InChI=1S/C11H17FN2O2S/c1-9-5-4-6-10(11(9)12)17(15,16)14-8-3-2-7-13/h4-6,14H,2-3,7-8,13H2,1H3. The summed E-state index contributed by atoms with van der Waals surface area (Å²) >= 11 is 0. The van der Waals surface area contributed by atoms with Crippen LogP contribution in [0.15, 0.2) is 23.1 Å². The van der Waals surface area contributed by atoms with Gasteiger partial charge in [-0.1, -0.05) is 12.1 Å². The van der Waals surface area contributed by atoms with Crippen molar-refractivity contribution in [1.82, 2.24) is 4.72 Å². The highest BCUT2D eigenvalue weighted by Gasteiger charge is 2.19. The van der Waals surface area contributed by atoms with E-state index in [4.69, 9.17) is 5.73 Å². The van der Waals surface area contributed by atoms with E-state index in [0.29, 0.717) is 18.5 Å². The number of sulfonamides is 1. The van der Waals surface area contributed by atoms with E-state index in [0.717, 1.165) is 6.42 Å². The molecular formula is C11H17FN2O2S. The minimum absolute atomic E-state index is 0.271. The molecule has 0 aliphatic rings. The number of unbranched alkanes of at least 4 members (excludes halogenated alkanes) is 1. The molecule has 0 saturated carbocycles. The number of nitrogens with one attached hydrogen (secondary N) is 1. The lowest BCUT2D eigenvalue weighted by Gasteiger charge is -2.08. The highest BCUT2D eigenvalue weighted by Crippen LogP contribution is 2.16. The van der Waals surface area contributed by atoms with Gasteiger partial charge in [0.1, 0.15) is 10.7 Å². The first-order valence-electron chi connectivity index (χ1n) is 5.44. The Morgan fingerprint density at radius 3 is 2.71 bits per heavy atom. The number of hydrogen-bond donors (Lipinski definition) is 2. The van der Waals surface area contributed by atoms with Gasteiger partial charge in [0.05, 0.1) is 0 Å². The molecule has 6 heteroatoms. The topological polar surface area (TPSA) is 72.2 Å². The lowest BCUT2D eigenvalue weighted by Crippen LogP contribution is -2.26. The average Bonchev–Trinajstić information content (AvgIpc) is 2.28. The molecule has 1 rings (SSSR count). The molecule has 0 atom stereocenters. The first-order chi connectivity index (χ1) is 7.99. The molecule has 0 heterocycles. The third-order valence-corrected chi connectivity index (χ3v) is 3.85. The van der Waals surface area contributed by atoms with E-state index in [1.165, 1.54) is 25.1 Å². The molecule has 1 aromatic carbocycles. The van der Waals surface area contributed by atoms with Crippen LogP contribution >= 0.6 is 0 Å². The highest BCUT2D eigenvalue weighted by atomic mass is 32.2. The van der Waals surface area contributed by atoms with E-state index < -0.39 is 15.8 Å². The minimum atomic E-state index is -3.76. The molecule has 0 saturated heterocycles. The molecule has 0 radical (unpaired) electrons. The number of nitrogens with two attached hydrogens (primary N) is 1. The molecule has 1 aromatic rings. The van der Waals surface area contributed by atoms with Gasteiger partial charge in [0.25, 0.3) is 0 Å². The maximum Gasteiger partial charge on any atom is 0.243 e. The van der Waals surface area contributed by atoms with Crippen LogP contribution in [0.3, 0.4) is 0 Å². The third-order valence-electron chi connectivity index (χ3n) is 2.37. The molecule has 0 spiro atoms. The van der Waals surface area contributed by atoms with Crippen molar-refractivity contribution in [3.05, 3.63) is 29.6 Å². The highest BCUT2D eigenvalue weighted by molar-refractivity contribution is 7.89. The Morgan fingerprint density at radius 1 is 1.35 bits per heavy atom. The molecular weight excluding hydrogens is 243 g/mol. The Labute approximate surface area is 101 Å². The fraction of sp³-hybridized carbons (Fsp3) is 0.455. The molecule has 0 bridgehead atoms. The Kier molecular flexibility index (Phi) is 5.04. The molecule has 3 N–H and O–H groups in total. The summed E-state index contributed by atoms with van der Waals surface area (Å²) < 4.78 is 39.6. The van der Waals surface area contributed by atoms with Crippen LogP contribution in [0.5, 0.6) is 0 Å². The molecule has 0 unspecified atom stereocenters. The van der Waals surface area contributed by atoms with Crippen LogP contribution in [0.25, 0.3) is 0 Å². The summed E-state index contributed by atoms with van der Waals surface area (Å²) in [6.07, 6.45) is 1.38. The lowest BCUT2D eigenvalue weighted by atomic mass is 10.2. The van der Waals surface area contributed by atoms with E-state index >= 15 is 0 Å². The zero-order valence-electron chi connectivity index (χ0n) is 9.74. The SMILES string of the molecule is Cc1cccc(S(=O)(=O)NCCCCN)c1F. The second-order valence-electron chi connectivity index (χ2n) is 3.78. The van der Waals surface area contributed by atoms with Crippen molar-refractivity contribution in [3.8, 4) is 0 Å². The smallest absolute Gasteiger partial charge is 0.243 e. The summed E-state index contributed by atoms with van der Waals surface area (Å²) in [5.74, 6) is -0.696. The summed E-state index contributed by atoms with van der Waals surface area (Å²) in [7, 11) is -3.76. The molecule has 0 aromatic heterocycles. The van der Waals surface area contributed by atoms with Crippen molar-refractivity contribution in [2.24, 2.45) is 5.73 Å². The van der Waals surface area contributed by atoms with Gasteiger partial charge in [0.2, 0.25) is 10.0 Å². The van der Waals surface area contributed by atoms with E-state index in [1.54, 1.807) is 0 Å². The van der Waals surface area contributed by atoms with Crippen LogP contribution < -0.4 is 10.5 Å². The number of benzene rings is 1. The summed E-state index contributed by atoms with van der Waals surface area (Å²) in [4.78, 5) is -0.301. The van der Waals surface area contributed by atoms with Crippen molar-refractivity contribution in [1.29, 1.82) is 0 Å². The maximum absolute atomic E-state index is 13.6. The minimum Gasteiger partial charge on any atom is -0.330 e. The predicted molar refractivity (Wildman–Crippen MR) is 64.6 cm³/mol. The van der Waals surface area contributed by atoms with E-state index in [1.807, 2.05) is 0 Å². The third kappa shape index (κ3) is 3.76. The van der Waals surface area contributed by atoms with Gasteiger partial charge in [-0.3, -0.25) is 0 Å². The average molecular weight is 260 g/mol. The second kappa shape index (κ2) is 6.09. The molecule has 96 valence electrons. The van der Waals surface area contributed by atoms with E-state index in [-0.39, 0.29) is 11.4 Å². The molecule has 17 heavy (non-hydrogen) atoms. The van der Waals surface area contributed by atoms with Gasteiger partial charge in [-0.05, 0) is 37.9 Å². The van der Waals surface area contributed by atoms with E-state index in [2.05, 4.69) is 4.72 Å². The van der Waals surface area contributed by atoms with Gasteiger partial charge in [-0.25, -0.2) is 17.5 Å². The molecule has 4 nitrogen and oxygen atoms in total. The van der Waals surface area contributed by atoms with Crippen molar-refractivity contribution < 1.29 is 12.8 Å². The summed E-state index contributed by atoms with van der Waals surface area (Å²) in [5.41, 5.74) is 5.61. The van der Waals surface area contributed by atoms with Gasteiger partial charge < -0.3 is 5.73 Å². The fourth-order valence-corrected chi connectivity index (χ4v) is 2.60. The maximum atomic E-state index is 13.6. The largest absolute Gasteiger partial charge is 0.330 e. The van der Waals surface area contributed by atoms with Gasteiger partial charge in [0, 0.05) is 6.54 Å². The monoisotopic (exact) mass is 260 g/mol. The normalized spacial score (nSPS) is 11.7. The first-order valence-corrected chi connectivity index (χ1v) is 6.92. The molecule has 0 aliphatic heterocycles. The molecule has 0 fully saturated rings. The lowest BCUT2D eigenvalue weighted by molar-refractivity contribution is 0.551. The van der Waals surface area contributed by atoms with Crippen molar-refractivity contribution in [3.63, 3.8) is 0 Å². The summed E-state index contributed by atoms with van der Waals surface area (Å²) in [6, 6.07) is 4.31. The van der Waals surface area contributed by atoms with Crippen LogP contribution in [-0.2, 0) is 10.0 Å². The zero-order chi connectivity index (χ0) is 12.9. The number of aryl methyl sites for hydroxylation is 1. The van der Waals surface area contributed by atoms with Gasteiger partial charge in [-0.2, -0.15) is 0 Å². The quantitative estimate of drug-likeness (QED) is 0.754. The first kappa shape index (κ1) is 14.1. The van der Waals surface area contributed by atoms with Crippen molar-refractivity contribution in [2.75, 3.05) is 13.1 Å². The van der Waals surface area contributed by atoms with Crippen LogP contribution in [0, 0.1) is 12.7 Å². The Bertz CT molecular complexity index is 474. The Morgan fingerprint density at radius 2 is 2.06 bits per heavy atom. The fourth-order valence-electron chi connectivity index (χ4n) is 1.38. The van der Waals surface area contributed by atoms with Crippen LogP contribution in [0.4, 0.5) is 4.39 Å². The van der Waals surface area contributed by atoms with E-state index in [9.17, 15) is 12.8 Å². The Balaban J connectivity index is 2.79. The van der Waals surface area contributed by atoms with Crippen LogP contribution in [0.1, 0.15) is 18.4 Å².